The Bertz CT molecular complexity index is 406. The standard InChI is InChI=1S/C21H32O3/c1-7-18(4)22-15-10-12-21(14-17-24-20(6)9-3)13-11-16-23-19(5)8-2/h7-9,21H,1-6,10-17H2. The summed E-state index contributed by atoms with van der Waals surface area (Å²) in [6.45, 7) is 24.1. The Hall–Kier alpha value is -2.16. The quantitative estimate of drug-likeness (QED) is 0.194. The molecule has 0 aliphatic rings. The minimum Gasteiger partial charge on any atom is -0.494 e. The highest BCUT2D eigenvalue weighted by atomic mass is 16.5. The Morgan fingerprint density at radius 1 is 0.625 bits per heavy atom. The van der Waals surface area contributed by atoms with Crippen molar-refractivity contribution in [3.05, 3.63) is 75.0 Å². The normalized spacial score (nSPS) is 9.88. The molecule has 0 N–H and O–H groups in total. The van der Waals surface area contributed by atoms with Gasteiger partial charge in [-0.15, -0.1) is 0 Å². The topological polar surface area (TPSA) is 27.7 Å². The molecule has 0 aromatic carbocycles. The van der Waals surface area contributed by atoms with E-state index in [9.17, 15) is 0 Å². The molecule has 0 aromatic heterocycles. The van der Waals surface area contributed by atoms with Crippen LogP contribution in [-0.4, -0.2) is 19.8 Å². The number of hydrogen-bond acceptors (Lipinski definition) is 3. The van der Waals surface area contributed by atoms with Gasteiger partial charge < -0.3 is 14.2 Å². The van der Waals surface area contributed by atoms with Crippen LogP contribution < -0.4 is 0 Å². The van der Waals surface area contributed by atoms with Crippen molar-refractivity contribution in [2.24, 2.45) is 5.92 Å². The van der Waals surface area contributed by atoms with Crippen molar-refractivity contribution in [3.63, 3.8) is 0 Å². The molecule has 0 radical (unpaired) electrons. The maximum Gasteiger partial charge on any atom is 0.111 e. The Balaban J connectivity index is 4.11. The monoisotopic (exact) mass is 332 g/mol. The molecule has 3 heteroatoms. The van der Waals surface area contributed by atoms with Gasteiger partial charge in [0, 0.05) is 0 Å². The summed E-state index contributed by atoms with van der Waals surface area (Å²) in [7, 11) is 0. The lowest BCUT2D eigenvalue weighted by molar-refractivity contribution is 0.169. The van der Waals surface area contributed by atoms with Crippen LogP contribution in [0.25, 0.3) is 0 Å². The fourth-order valence-corrected chi connectivity index (χ4v) is 2.12. The van der Waals surface area contributed by atoms with E-state index in [4.69, 9.17) is 14.2 Å². The zero-order valence-corrected chi connectivity index (χ0v) is 14.9. The zero-order chi connectivity index (χ0) is 18.2. The minimum atomic E-state index is 0.545. The first-order valence-electron chi connectivity index (χ1n) is 8.35. The van der Waals surface area contributed by atoms with Crippen molar-refractivity contribution < 1.29 is 14.2 Å². The molecular weight excluding hydrogens is 300 g/mol. The fourth-order valence-electron chi connectivity index (χ4n) is 2.12. The second kappa shape index (κ2) is 14.4. The predicted molar refractivity (Wildman–Crippen MR) is 102 cm³/mol. The summed E-state index contributed by atoms with van der Waals surface area (Å²) in [6.07, 6.45) is 9.91. The van der Waals surface area contributed by atoms with E-state index in [1.54, 1.807) is 18.2 Å². The SMILES string of the molecule is C=CC(=C)OCCCC(CCCOC(=C)C=C)CCOC(=C)C=C. The van der Waals surface area contributed by atoms with Gasteiger partial charge >= 0.3 is 0 Å². The van der Waals surface area contributed by atoms with E-state index in [-0.39, 0.29) is 0 Å². The van der Waals surface area contributed by atoms with Gasteiger partial charge in [0.1, 0.15) is 17.3 Å². The van der Waals surface area contributed by atoms with Crippen LogP contribution in [-0.2, 0) is 14.2 Å². The van der Waals surface area contributed by atoms with Crippen molar-refractivity contribution in [3.8, 4) is 0 Å². The second-order valence-electron chi connectivity index (χ2n) is 5.50. The van der Waals surface area contributed by atoms with E-state index >= 15 is 0 Å². The average Bonchev–Trinajstić information content (AvgIpc) is 2.60. The minimum absolute atomic E-state index is 0.545. The molecule has 0 amide bonds. The third-order valence-corrected chi connectivity index (χ3v) is 3.58. The van der Waals surface area contributed by atoms with Crippen molar-refractivity contribution in [1.29, 1.82) is 0 Å². The van der Waals surface area contributed by atoms with Crippen LogP contribution in [0.15, 0.2) is 75.0 Å². The van der Waals surface area contributed by atoms with Crippen LogP contribution in [0.1, 0.15) is 32.1 Å². The second-order valence-corrected chi connectivity index (χ2v) is 5.50. The third-order valence-electron chi connectivity index (χ3n) is 3.58. The molecule has 0 aliphatic heterocycles. The van der Waals surface area contributed by atoms with Gasteiger partial charge in [-0.25, -0.2) is 0 Å². The predicted octanol–water partition coefficient (Wildman–Crippen LogP) is 5.70. The molecule has 0 fully saturated rings. The van der Waals surface area contributed by atoms with Crippen LogP contribution in [0.4, 0.5) is 0 Å². The molecule has 0 atom stereocenters. The maximum atomic E-state index is 5.52. The molecule has 0 aromatic rings. The molecule has 0 aliphatic carbocycles. The van der Waals surface area contributed by atoms with Gasteiger partial charge in [-0.1, -0.05) is 39.5 Å². The third kappa shape index (κ3) is 12.4. The highest BCUT2D eigenvalue weighted by Crippen LogP contribution is 2.19. The summed E-state index contributed by atoms with van der Waals surface area (Å²) in [5.74, 6) is 2.40. The number of hydrogen-bond donors (Lipinski definition) is 0. The van der Waals surface area contributed by atoms with Crippen LogP contribution in [0.3, 0.4) is 0 Å². The summed E-state index contributed by atoms with van der Waals surface area (Å²) in [4.78, 5) is 0. The van der Waals surface area contributed by atoms with Crippen LogP contribution in [0.2, 0.25) is 0 Å². The van der Waals surface area contributed by atoms with Gasteiger partial charge in [-0.3, -0.25) is 0 Å². The Kier molecular flexibility index (Phi) is 13.1. The first-order valence-corrected chi connectivity index (χ1v) is 8.35. The van der Waals surface area contributed by atoms with E-state index < -0.39 is 0 Å². The average molecular weight is 332 g/mol. The Morgan fingerprint density at radius 2 is 1.00 bits per heavy atom. The van der Waals surface area contributed by atoms with E-state index in [1.165, 1.54) is 0 Å². The fraction of sp³-hybridized carbons (Fsp3) is 0.429. The summed E-state index contributed by atoms with van der Waals surface area (Å²) >= 11 is 0. The maximum absolute atomic E-state index is 5.52. The molecule has 0 unspecified atom stereocenters. The molecule has 24 heavy (non-hydrogen) atoms. The lowest BCUT2D eigenvalue weighted by Gasteiger charge is -2.18. The van der Waals surface area contributed by atoms with Gasteiger partial charge in [-0.2, -0.15) is 0 Å². The lowest BCUT2D eigenvalue weighted by atomic mass is 9.95. The molecule has 0 heterocycles. The summed E-state index contributed by atoms with van der Waals surface area (Å²) in [6, 6.07) is 0. The van der Waals surface area contributed by atoms with Crippen LogP contribution in [0, 0.1) is 5.92 Å². The molecule has 0 saturated heterocycles. The first-order chi connectivity index (χ1) is 11.5. The van der Waals surface area contributed by atoms with Gasteiger partial charge in [-0.05, 0) is 56.3 Å². The molecule has 134 valence electrons. The van der Waals surface area contributed by atoms with Crippen molar-refractivity contribution >= 4 is 0 Å². The lowest BCUT2D eigenvalue weighted by Crippen LogP contribution is -2.08. The molecule has 0 bridgehead atoms. The molecule has 0 saturated carbocycles. The van der Waals surface area contributed by atoms with Gasteiger partial charge in [0.05, 0.1) is 19.8 Å². The van der Waals surface area contributed by atoms with Gasteiger partial charge in [0.25, 0.3) is 0 Å². The zero-order valence-electron chi connectivity index (χ0n) is 14.9. The highest BCUT2D eigenvalue weighted by molar-refractivity contribution is 5.02. The molecule has 3 nitrogen and oxygen atoms in total. The van der Waals surface area contributed by atoms with Crippen LogP contribution >= 0.6 is 0 Å². The van der Waals surface area contributed by atoms with E-state index in [0.717, 1.165) is 32.1 Å². The van der Waals surface area contributed by atoms with E-state index in [2.05, 4.69) is 39.5 Å². The Labute approximate surface area is 147 Å². The molecule has 0 rings (SSSR count). The largest absolute Gasteiger partial charge is 0.494 e. The van der Waals surface area contributed by atoms with Gasteiger partial charge in [0.2, 0.25) is 0 Å². The van der Waals surface area contributed by atoms with Crippen molar-refractivity contribution in [1.82, 2.24) is 0 Å². The van der Waals surface area contributed by atoms with Crippen LogP contribution in [0.5, 0.6) is 0 Å². The molecular formula is C21H32O3. The number of rotatable bonds is 17. The summed E-state index contributed by atoms with van der Waals surface area (Å²) in [5.41, 5.74) is 0. The smallest absolute Gasteiger partial charge is 0.111 e. The summed E-state index contributed by atoms with van der Waals surface area (Å²) < 4.78 is 16.4. The van der Waals surface area contributed by atoms with E-state index in [0.29, 0.717) is 43.0 Å². The number of allylic oxidation sites excluding steroid dienone is 3. The van der Waals surface area contributed by atoms with E-state index in [1.807, 2.05) is 0 Å². The van der Waals surface area contributed by atoms with Crippen molar-refractivity contribution in [2.45, 2.75) is 32.1 Å². The number of ether oxygens (including phenoxy) is 3. The van der Waals surface area contributed by atoms with Gasteiger partial charge in [0.15, 0.2) is 0 Å². The Morgan fingerprint density at radius 3 is 1.38 bits per heavy atom. The molecule has 0 spiro atoms. The summed E-state index contributed by atoms with van der Waals surface area (Å²) in [5, 5.41) is 0. The van der Waals surface area contributed by atoms with Crippen molar-refractivity contribution in [2.75, 3.05) is 19.8 Å². The first kappa shape index (κ1) is 21.8. The highest BCUT2D eigenvalue weighted by Gasteiger charge is 2.10.